The molecule has 1 aliphatic rings. The van der Waals surface area contributed by atoms with E-state index in [2.05, 4.69) is 5.32 Å². The largest absolute Gasteiger partial charge is 0.497 e. The van der Waals surface area contributed by atoms with Gasteiger partial charge >= 0.3 is 0 Å². The molecule has 9 heteroatoms. The summed E-state index contributed by atoms with van der Waals surface area (Å²) in [6.45, 7) is 0.437. The molecular weight excluding hydrogens is 471 g/mol. The third-order valence-corrected chi connectivity index (χ3v) is 8.05. The summed E-state index contributed by atoms with van der Waals surface area (Å²) in [5.74, 6) is 0.396. The predicted octanol–water partition coefficient (Wildman–Crippen LogP) is 3.84. The smallest absolute Gasteiger partial charge is 0.243 e. The molecule has 0 radical (unpaired) electrons. The number of rotatable bonds is 8. The van der Waals surface area contributed by atoms with Gasteiger partial charge in [-0.1, -0.05) is 24.3 Å². The molecule has 1 amide bonds. The number of halogens is 1. The van der Waals surface area contributed by atoms with Crippen LogP contribution in [0.25, 0.3) is 0 Å². The van der Waals surface area contributed by atoms with Gasteiger partial charge < -0.3 is 14.8 Å². The molecule has 4 rings (SSSR count). The van der Waals surface area contributed by atoms with E-state index in [-0.39, 0.29) is 30.3 Å². The van der Waals surface area contributed by atoms with Gasteiger partial charge in [-0.25, -0.2) is 12.8 Å². The average Bonchev–Trinajstić information content (AvgIpc) is 2.87. The van der Waals surface area contributed by atoms with Gasteiger partial charge in [0, 0.05) is 31.1 Å². The molecule has 1 atom stereocenters. The van der Waals surface area contributed by atoms with Crippen LogP contribution in [-0.4, -0.2) is 39.4 Å². The molecule has 1 N–H and O–H groups in total. The fourth-order valence-corrected chi connectivity index (χ4v) is 5.92. The molecule has 0 saturated heterocycles. The Morgan fingerprint density at radius 2 is 1.80 bits per heavy atom. The van der Waals surface area contributed by atoms with E-state index in [1.165, 1.54) is 23.5 Å². The van der Waals surface area contributed by atoms with Crippen molar-refractivity contribution in [1.29, 1.82) is 0 Å². The molecular formula is C26H27FN2O5S. The van der Waals surface area contributed by atoms with Crippen molar-refractivity contribution in [2.75, 3.05) is 20.8 Å². The zero-order valence-electron chi connectivity index (χ0n) is 19.5. The lowest BCUT2D eigenvalue weighted by atomic mass is 9.92. The molecule has 0 aromatic heterocycles. The Morgan fingerprint density at radius 3 is 2.51 bits per heavy atom. The number of fused-ring (bicyclic) bond motifs is 1. The molecule has 184 valence electrons. The van der Waals surface area contributed by atoms with Crippen LogP contribution < -0.4 is 14.8 Å². The summed E-state index contributed by atoms with van der Waals surface area (Å²) in [6, 6.07) is 16.9. The van der Waals surface area contributed by atoms with E-state index >= 15 is 0 Å². The molecule has 0 spiro atoms. The monoisotopic (exact) mass is 498 g/mol. The maximum Gasteiger partial charge on any atom is 0.243 e. The number of hydrogen-bond acceptors (Lipinski definition) is 5. The first-order valence-electron chi connectivity index (χ1n) is 11.2. The van der Waals surface area contributed by atoms with Crippen molar-refractivity contribution in [3.63, 3.8) is 0 Å². The van der Waals surface area contributed by atoms with Crippen LogP contribution >= 0.6 is 0 Å². The Labute approximate surface area is 204 Å². The zero-order valence-corrected chi connectivity index (χ0v) is 20.3. The first kappa shape index (κ1) is 24.7. The number of benzene rings is 3. The lowest BCUT2D eigenvalue weighted by Gasteiger charge is -2.36. The second-order valence-electron chi connectivity index (χ2n) is 8.19. The van der Waals surface area contributed by atoms with Gasteiger partial charge in [0.25, 0.3) is 0 Å². The number of amides is 1. The van der Waals surface area contributed by atoms with Crippen molar-refractivity contribution >= 4 is 15.9 Å². The molecule has 1 aliphatic heterocycles. The first-order valence-corrected chi connectivity index (χ1v) is 12.6. The fourth-order valence-electron chi connectivity index (χ4n) is 4.31. The van der Waals surface area contributed by atoms with Crippen molar-refractivity contribution in [3.05, 3.63) is 89.2 Å². The minimum absolute atomic E-state index is 0.00772. The Hall–Kier alpha value is -3.43. The van der Waals surface area contributed by atoms with Gasteiger partial charge in [-0.05, 0) is 53.9 Å². The van der Waals surface area contributed by atoms with Crippen LogP contribution in [0, 0.1) is 5.82 Å². The standard InChI is InChI=1S/C26H27FN2O5S/c1-33-21-10-7-19(25(15-21)34-2)17-28-26(30)16-24-23-6-4-3-5-18(23)13-14-29(24)35(31,32)22-11-8-20(27)9-12-22/h3-12,15,24H,13-14,16-17H2,1-2H3,(H,28,30)/t24-/m0/s1. The highest BCUT2D eigenvalue weighted by Crippen LogP contribution is 2.36. The number of hydrogen-bond donors (Lipinski definition) is 1. The highest BCUT2D eigenvalue weighted by atomic mass is 32.2. The fraction of sp³-hybridized carbons (Fsp3) is 0.269. The van der Waals surface area contributed by atoms with Gasteiger partial charge in [-0.2, -0.15) is 4.31 Å². The molecule has 1 heterocycles. The van der Waals surface area contributed by atoms with Crippen molar-refractivity contribution in [3.8, 4) is 11.5 Å². The molecule has 0 bridgehead atoms. The summed E-state index contributed by atoms with van der Waals surface area (Å²) in [6.07, 6.45) is 0.466. The van der Waals surface area contributed by atoms with E-state index in [0.29, 0.717) is 17.9 Å². The highest BCUT2D eigenvalue weighted by Gasteiger charge is 2.37. The summed E-state index contributed by atoms with van der Waals surface area (Å²) in [5.41, 5.74) is 2.57. The SMILES string of the molecule is COc1ccc(CNC(=O)C[C@H]2c3ccccc3CCN2S(=O)(=O)c2ccc(F)cc2)c(OC)c1. The molecule has 3 aromatic rings. The summed E-state index contributed by atoms with van der Waals surface area (Å²) < 4.78 is 52.3. The Bertz CT molecular complexity index is 1310. The van der Waals surface area contributed by atoms with Crippen LogP contribution in [0.1, 0.15) is 29.2 Å². The van der Waals surface area contributed by atoms with Crippen LogP contribution in [0.5, 0.6) is 11.5 Å². The van der Waals surface area contributed by atoms with Gasteiger partial charge in [0.05, 0.1) is 25.2 Å². The third kappa shape index (κ3) is 5.31. The molecule has 0 aliphatic carbocycles. The number of carbonyl (C=O) groups excluding carboxylic acids is 1. The van der Waals surface area contributed by atoms with E-state index in [1.54, 1.807) is 25.3 Å². The van der Waals surface area contributed by atoms with E-state index in [9.17, 15) is 17.6 Å². The van der Waals surface area contributed by atoms with E-state index in [1.807, 2.05) is 24.3 Å². The van der Waals surface area contributed by atoms with E-state index in [0.717, 1.165) is 28.8 Å². The minimum Gasteiger partial charge on any atom is -0.497 e. The van der Waals surface area contributed by atoms with E-state index < -0.39 is 21.9 Å². The number of methoxy groups -OCH3 is 2. The van der Waals surface area contributed by atoms with Crippen LogP contribution in [0.15, 0.2) is 71.6 Å². The molecule has 35 heavy (non-hydrogen) atoms. The van der Waals surface area contributed by atoms with Gasteiger partial charge in [0.15, 0.2) is 0 Å². The number of nitrogens with one attached hydrogen (secondary N) is 1. The molecule has 7 nitrogen and oxygen atoms in total. The molecule has 3 aromatic carbocycles. The van der Waals surface area contributed by atoms with Gasteiger partial charge in [0.1, 0.15) is 17.3 Å². The minimum atomic E-state index is -3.95. The number of nitrogens with zero attached hydrogens (tertiary/aromatic N) is 1. The quantitative estimate of drug-likeness (QED) is 0.510. The van der Waals surface area contributed by atoms with Crippen LogP contribution in [0.4, 0.5) is 4.39 Å². The summed E-state index contributed by atoms with van der Waals surface area (Å²) >= 11 is 0. The first-order chi connectivity index (χ1) is 16.8. The average molecular weight is 499 g/mol. The van der Waals surface area contributed by atoms with Crippen molar-refractivity contribution in [2.24, 2.45) is 0 Å². The lowest BCUT2D eigenvalue weighted by molar-refractivity contribution is -0.122. The second-order valence-corrected chi connectivity index (χ2v) is 10.1. The summed E-state index contributed by atoms with van der Waals surface area (Å²) in [4.78, 5) is 13.0. The highest BCUT2D eigenvalue weighted by molar-refractivity contribution is 7.89. The summed E-state index contributed by atoms with van der Waals surface area (Å²) in [7, 11) is -0.851. The van der Waals surface area contributed by atoms with E-state index in [4.69, 9.17) is 9.47 Å². The van der Waals surface area contributed by atoms with Gasteiger partial charge in [-0.3, -0.25) is 4.79 Å². The summed E-state index contributed by atoms with van der Waals surface area (Å²) in [5, 5.41) is 2.88. The van der Waals surface area contributed by atoms with Gasteiger partial charge in [-0.15, -0.1) is 0 Å². The Kier molecular flexibility index (Phi) is 7.37. The van der Waals surface area contributed by atoms with Crippen molar-refractivity contribution < 1.29 is 27.1 Å². The van der Waals surface area contributed by atoms with Gasteiger partial charge in [0.2, 0.25) is 15.9 Å². The Balaban J connectivity index is 1.57. The second kappa shape index (κ2) is 10.5. The zero-order chi connectivity index (χ0) is 25.0. The Morgan fingerprint density at radius 1 is 1.06 bits per heavy atom. The van der Waals surface area contributed by atoms with Crippen molar-refractivity contribution in [2.45, 2.75) is 30.3 Å². The maximum atomic E-state index is 13.5. The van der Waals surface area contributed by atoms with Crippen molar-refractivity contribution in [1.82, 2.24) is 9.62 Å². The van der Waals surface area contributed by atoms with Crippen LogP contribution in [-0.2, 0) is 27.8 Å². The van der Waals surface area contributed by atoms with Crippen LogP contribution in [0.2, 0.25) is 0 Å². The normalized spacial score (nSPS) is 15.8. The number of ether oxygens (including phenoxy) is 2. The predicted molar refractivity (Wildman–Crippen MR) is 129 cm³/mol. The topological polar surface area (TPSA) is 84.9 Å². The number of carbonyl (C=O) groups is 1. The molecule has 0 fully saturated rings. The van der Waals surface area contributed by atoms with Crippen LogP contribution in [0.3, 0.4) is 0 Å². The number of sulfonamides is 1. The molecule has 0 saturated carbocycles. The maximum absolute atomic E-state index is 13.5. The third-order valence-electron chi connectivity index (χ3n) is 6.13. The lowest BCUT2D eigenvalue weighted by Crippen LogP contribution is -2.42. The molecule has 0 unspecified atom stereocenters.